The number of hydrogen-bond donors (Lipinski definition) is 0. The summed E-state index contributed by atoms with van der Waals surface area (Å²) in [5, 5.41) is 0.587. The van der Waals surface area contributed by atoms with Gasteiger partial charge in [0, 0.05) is 5.33 Å². The van der Waals surface area contributed by atoms with Crippen molar-refractivity contribution < 1.29 is 9.22 Å². The molecule has 0 N–H and O–H groups in total. The first kappa shape index (κ1) is 15.3. The Morgan fingerprint density at radius 3 is 1.87 bits per heavy atom. The molecule has 0 spiro atoms. The van der Waals surface area contributed by atoms with Gasteiger partial charge in [-0.05, 0) is 32.0 Å². The van der Waals surface area contributed by atoms with Crippen molar-refractivity contribution in [3.8, 4) is 0 Å². The zero-order chi connectivity index (χ0) is 12.1. The third kappa shape index (κ3) is 3.68. The Morgan fingerprint density at radius 2 is 1.67 bits per heavy atom. The molecule has 0 bridgehead atoms. The molecule has 0 saturated heterocycles. The third-order valence-electron chi connectivity index (χ3n) is 3.37. The van der Waals surface area contributed by atoms with Crippen LogP contribution in [0.3, 0.4) is 0 Å². The number of rotatable bonds is 7. The molecule has 0 aromatic rings. The monoisotopic (exact) mass is 294 g/mol. The molecule has 4 heteroatoms. The van der Waals surface area contributed by atoms with Gasteiger partial charge >= 0.3 is 0 Å². The van der Waals surface area contributed by atoms with E-state index >= 15 is 0 Å². The van der Waals surface area contributed by atoms with E-state index in [1.54, 1.807) is 6.92 Å². The molecular weight excluding hydrogens is 272 g/mol. The number of carbonyl (C=O) groups excluding carboxylic acids is 1. The maximum atomic E-state index is 11.6. The summed E-state index contributed by atoms with van der Waals surface area (Å²) in [5.74, 6) is 0.117. The van der Waals surface area contributed by atoms with E-state index in [9.17, 15) is 4.79 Å². The number of alkyl halides is 1. The van der Waals surface area contributed by atoms with Crippen LogP contribution in [0.4, 0.5) is 0 Å². The lowest BCUT2D eigenvalue weighted by Crippen LogP contribution is -2.50. The molecule has 1 atom stereocenters. The first-order valence-corrected chi connectivity index (χ1v) is 9.32. The van der Waals surface area contributed by atoms with Crippen LogP contribution in [-0.4, -0.2) is 25.0 Å². The highest BCUT2D eigenvalue weighted by Crippen LogP contribution is 2.29. The summed E-state index contributed by atoms with van der Waals surface area (Å²) in [5.41, 5.74) is -0.631. The quantitative estimate of drug-likeness (QED) is 0.528. The number of ketones is 1. The lowest BCUT2D eigenvalue weighted by atomic mass is 10.1. The van der Waals surface area contributed by atoms with Crippen LogP contribution in [0.15, 0.2) is 0 Å². The molecule has 0 rings (SSSR count). The molecule has 2 nitrogen and oxygen atoms in total. The molecule has 0 saturated carbocycles. The maximum Gasteiger partial charge on any atom is 0.193 e. The topological polar surface area (TPSA) is 26.3 Å². The molecule has 0 fully saturated rings. The fourth-order valence-corrected chi connectivity index (χ4v) is 5.46. The summed E-state index contributed by atoms with van der Waals surface area (Å²) in [7, 11) is -1.69. The smallest absolute Gasteiger partial charge is 0.193 e. The van der Waals surface area contributed by atoms with Gasteiger partial charge < -0.3 is 4.43 Å². The average molecular weight is 295 g/mol. The van der Waals surface area contributed by atoms with Gasteiger partial charge in [-0.1, -0.05) is 36.7 Å². The van der Waals surface area contributed by atoms with E-state index < -0.39 is 13.9 Å². The Labute approximate surface area is 103 Å². The van der Waals surface area contributed by atoms with Gasteiger partial charge in [0.1, 0.15) is 5.60 Å². The van der Waals surface area contributed by atoms with Crippen molar-refractivity contribution in [3.05, 3.63) is 0 Å². The second kappa shape index (κ2) is 6.16. The molecule has 0 unspecified atom stereocenters. The van der Waals surface area contributed by atoms with Crippen molar-refractivity contribution in [3.63, 3.8) is 0 Å². The van der Waals surface area contributed by atoms with Gasteiger partial charge in [-0.2, -0.15) is 0 Å². The van der Waals surface area contributed by atoms with Crippen molar-refractivity contribution in [2.75, 3.05) is 5.33 Å². The number of halogens is 1. The molecule has 0 aliphatic rings. The minimum Gasteiger partial charge on any atom is -0.404 e. The molecule has 0 aromatic carbocycles. The SMILES string of the molecule is CC[Si](CC)(CC)O[C@](C)(CBr)C(C)=O. The van der Waals surface area contributed by atoms with Gasteiger partial charge in [0.05, 0.1) is 0 Å². The van der Waals surface area contributed by atoms with Gasteiger partial charge in [0.25, 0.3) is 0 Å². The summed E-state index contributed by atoms with van der Waals surface area (Å²) < 4.78 is 6.23. The van der Waals surface area contributed by atoms with E-state index in [0.29, 0.717) is 5.33 Å². The predicted molar refractivity (Wildman–Crippen MR) is 71.2 cm³/mol. The molecule has 0 radical (unpaired) electrons. The van der Waals surface area contributed by atoms with Crippen molar-refractivity contribution in [2.24, 2.45) is 0 Å². The van der Waals surface area contributed by atoms with Crippen LogP contribution in [0.25, 0.3) is 0 Å². The molecule has 0 aliphatic carbocycles. The van der Waals surface area contributed by atoms with Gasteiger partial charge in [0.2, 0.25) is 0 Å². The first-order chi connectivity index (χ1) is 6.89. The molecular formula is C11H23BrO2Si. The van der Waals surface area contributed by atoms with E-state index in [-0.39, 0.29) is 5.78 Å². The lowest BCUT2D eigenvalue weighted by Gasteiger charge is -2.37. The highest BCUT2D eigenvalue weighted by molar-refractivity contribution is 9.09. The summed E-state index contributed by atoms with van der Waals surface area (Å²) in [6.07, 6.45) is 0. The second-order valence-corrected chi connectivity index (χ2v) is 9.52. The van der Waals surface area contributed by atoms with Crippen molar-refractivity contribution in [2.45, 2.75) is 58.4 Å². The second-order valence-electron chi connectivity index (χ2n) is 4.27. The number of hydrogen-bond acceptors (Lipinski definition) is 2. The third-order valence-corrected chi connectivity index (χ3v) is 9.19. The average Bonchev–Trinajstić information content (AvgIpc) is 2.25. The van der Waals surface area contributed by atoms with E-state index in [1.807, 2.05) is 6.92 Å². The van der Waals surface area contributed by atoms with Crippen molar-refractivity contribution in [1.29, 1.82) is 0 Å². The molecule has 0 aromatic heterocycles. The summed E-state index contributed by atoms with van der Waals surface area (Å²) in [4.78, 5) is 11.6. The Morgan fingerprint density at radius 1 is 1.27 bits per heavy atom. The summed E-state index contributed by atoms with van der Waals surface area (Å²) in [6.45, 7) is 10.0. The lowest BCUT2D eigenvalue weighted by molar-refractivity contribution is -0.129. The van der Waals surface area contributed by atoms with Crippen LogP contribution in [-0.2, 0) is 9.22 Å². The summed E-state index contributed by atoms with van der Waals surface area (Å²) >= 11 is 3.39. The predicted octanol–water partition coefficient (Wildman–Crippen LogP) is 3.75. The fourth-order valence-electron chi connectivity index (χ4n) is 1.64. The first-order valence-electron chi connectivity index (χ1n) is 5.67. The summed E-state index contributed by atoms with van der Waals surface area (Å²) in [6, 6.07) is 3.24. The maximum absolute atomic E-state index is 11.6. The highest BCUT2D eigenvalue weighted by atomic mass is 79.9. The minimum absolute atomic E-state index is 0.117. The Bertz CT molecular complexity index is 208. The Hall–Kier alpha value is 0.327. The fraction of sp³-hybridized carbons (Fsp3) is 0.909. The van der Waals surface area contributed by atoms with Crippen LogP contribution in [0.5, 0.6) is 0 Å². The van der Waals surface area contributed by atoms with Crippen LogP contribution in [0, 0.1) is 0 Å². The van der Waals surface area contributed by atoms with E-state index in [1.165, 1.54) is 0 Å². The van der Waals surface area contributed by atoms with Crippen molar-refractivity contribution >= 4 is 30.0 Å². The standard InChI is InChI=1S/C11H23BrO2Si/c1-6-15(7-2,8-3)14-11(5,9-12)10(4)13/h6-9H2,1-5H3/t11-/m1/s1. The Balaban J connectivity index is 4.85. The van der Waals surface area contributed by atoms with Gasteiger partial charge in [-0.25, -0.2) is 0 Å². The largest absolute Gasteiger partial charge is 0.404 e. The zero-order valence-electron chi connectivity index (χ0n) is 10.5. The molecule has 0 heterocycles. The minimum atomic E-state index is -1.69. The van der Waals surface area contributed by atoms with E-state index in [0.717, 1.165) is 18.1 Å². The Kier molecular flexibility index (Phi) is 6.29. The van der Waals surface area contributed by atoms with E-state index in [4.69, 9.17) is 4.43 Å². The van der Waals surface area contributed by atoms with Crippen LogP contribution in [0.2, 0.25) is 18.1 Å². The zero-order valence-corrected chi connectivity index (χ0v) is 13.1. The van der Waals surface area contributed by atoms with Crippen LogP contribution < -0.4 is 0 Å². The molecule has 0 aliphatic heterocycles. The highest BCUT2D eigenvalue weighted by Gasteiger charge is 2.40. The number of Topliss-reactive ketones (excluding diaryl/α,β-unsaturated/α-hetero) is 1. The van der Waals surface area contributed by atoms with Crippen LogP contribution >= 0.6 is 15.9 Å². The van der Waals surface area contributed by atoms with E-state index in [2.05, 4.69) is 36.7 Å². The normalized spacial score (nSPS) is 16.1. The molecule has 90 valence electrons. The van der Waals surface area contributed by atoms with Gasteiger partial charge in [0.15, 0.2) is 14.1 Å². The van der Waals surface area contributed by atoms with Gasteiger partial charge in [-0.3, -0.25) is 4.79 Å². The number of carbonyl (C=O) groups is 1. The molecule has 15 heavy (non-hydrogen) atoms. The van der Waals surface area contributed by atoms with Crippen molar-refractivity contribution in [1.82, 2.24) is 0 Å². The van der Waals surface area contributed by atoms with Crippen LogP contribution in [0.1, 0.15) is 34.6 Å². The van der Waals surface area contributed by atoms with Gasteiger partial charge in [-0.15, -0.1) is 0 Å². The molecule has 0 amide bonds.